The average Bonchev–Trinajstić information content (AvgIpc) is 2.65. The van der Waals surface area contributed by atoms with Crippen LogP contribution >= 0.6 is 0 Å². The third kappa shape index (κ3) is 5.22. The molecule has 0 saturated heterocycles. The Morgan fingerprint density at radius 2 is 1.76 bits per heavy atom. The molecule has 1 N–H and O–H groups in total. The molecule has 0 saturated carbocycles. The summed E-state index contributed by atoms with van der Waals surface area (Å²) >= 11 is 0. The van der Waals surface area contributed by atoms with Gasteiger partial charge in [-0.3, -0.25) is 4.79 Å². The first kappa shape index (κ1) is 18.8. The number of ether oxygens (including phenoxy) is 3. The number of amides is 1. The lowest BCUT2D eigenvalue weighted by Crippen LogP contribution is -2.23. The molecule has 25 heavy (non-hydrogen) atoms. The van der Waals surface area contributed by atoms with E-state index in [1.807, 2.05) is 38.1 Å². The van der Waals surface area contributed by atoms with Crippen molar-refractivity contribution in [2.45, 2.75) is 27.0 Å². The lowest BCUT2D eigenvalue weighted by molar-refractivity contribution is 0.0949. The van der Waals surface area contributed by atoms with Crippen LogP contribution in [0, 0.1) is 0 Å². The Morgan fingerprint density at radius 3 is 2.44 bits per heavy atom. The summed E-state index contributed by atoms with van der Waals surface area (Å²) in [7, 11) is 1.56. The number of benzene rings is 2. The molecular weight excluding hydrogens is 318 g/mol. The summed E-state index contributed by atoms with van der Waals surface area (Å²) in [5.74, 6) is 1.02. The SMILES string of the molecule is CCOCc1ccccc1CNC(=O)c1ccc(OCC)c(OC)c1. The second kappa shape index (κ2) is 9.69. The van der Waals surface area contributed by atoms with Crippen molar-refractivity contribution < 1.29 is 19.0 Å². The molecule has 0 aliphatic heterocycles. The normalized spacial score (nSPS) is 10.4. The van der Waals surface area contributed by atoms with Crippen molar-refractivity contribution >= 4 is 5.91 Å². The van der Waals surface area contributed by atoms with Crippen LogP contribution in [0.25, 0.3) is 0 Å². The third-order valence-electron chi connectivity index (χ3n) is 3.75. The molecule has 0 radical (unpaired) electrons. The van der Waals surface area contributed by atoms with Crippen molar-refractivity contribution in [1.29, 1.82) is 0 Å². The number of carbonyl (C=O) groups excluding carboxylic acids is 1. The largest absolute Gasteiger partial charge is 0.493 e. The van der Waals surface area contributed by atoms with Gasteiger partial charge in [0.15, 0.2) is 11.5 Å². The van der Waals surface area contributed by atoms with Gasteiger partial charge in [0, 0.05) is 18.7 Å². The van der Waals surface area contributed by atoms with Crippen molar-refractivity contribution in [3.05, 3.63) is 59.2 Å². The molecular formula is C20H25NO4. The molecule has 0 atom stereocenters. The molecule has 0 heterocycles. The molecule has 0 spiro atoms. The van der Waals surface area contributed by atoms with E-state index in [0.717, 1.165) is 11.1 Å². The second-order valence-electron chi connectivity index (χ2n) is 5.39. The molecule has 0 fully saturated rings. The Bertz CT molecular complexity index is 700. The van der Waals surface area contributed by atoms with E-state index in [-0.39, 0.29) is 5.91 Å². The highest BCUT2D eigenvalue weighted by Gasteiger charge is 2.11. The summed E-state index contributed by atoms with van der Waals surface area (Å²) in [6.07, 6.45) is 0. The molecule has 0 aliphatic rings. The average molecular weight is 343 g/mol. The summed E-state index contributed by atoms with van der Waals surface area (Å²) in [5.41, 5.74) is 2.65. The molecule has 2 aromatic rings. The maximum atomic E-state index is 12.4. The van der Waals surface area contributed by atoms with Crippen molar-refractivity contribution in [1.82, 2.24) is 5.32 Å². The van der Waals surface area contributed by atoms with Gasteiger partial charge >= 0.3 is 0 Å². The van der Waals surface area contributed by atoms with E-state index < -0.39 is 0 Å². The van der Waals surface area contributed by atoms with Gasteiger partial charge in [0.2, 0.25) is 0 Å². The van der Waals surface area contributed by atoms with Gasteiger partial charge in [-0.05, 0) is 43.2 Å². The predicted molar refractivity (Wildman–Crippen MR) is 97.1 cm³/mol. The smallest absolute Gasteiger partial charge is 0.251 e. The monoisotopic (exact) mass is 343 g/mol. The molecule has 0 aliphatic carbocycles. The maximum absolute atomic E-state index is 12.4. The summed E-state index contributed by atoms with van der Waals surface area (Å²) in [6.45, 7) is 6.05. The predicted octanol–water partition coefficient (Wildman–Crippen LogP) is 3.56. The molecule has 5 nitrogen and oxygen atoms in total. The molecule has 0 bridgehead atoms. The van der Waals surface area contributed by atoms with Gasteiger partial charge in [-0.1, -0.05) is 24.3 Å². The van der Waals surface area contributed by atoms with Crippen molar-refractivity contribution in [3.63, 3.8) is 0 Å². The fourth-order valence-corrected chi connectivity index (χ4v) is 2.44. The lowest BCUT2D eigenvalue weighted by atomic mass is 10.1. The Balaban J connectivity index is 2.05. The van der Waals surface area contributed by atoms with Crippen LogP contribution in [0.5, 0.6) is 11.5 Å². The Kier molecular flexibility index (Phi) is 7.29. The Hall–Kier alpha value is -2.53. The molecule has 5 heteroatoms. The molecule has 2 aromatic carbocycles. The zero-order valence-corrected chi connectivity index (χ0v) is 15.0. The van der Waals surface area contributed by atoms with E-state index in [1.165, 1.54) is 0 Å². The number of carbonyl (C=O) groups is 1. The van der Waals surface area contributed by atoms with Crippen LogP contribution in [-0.4, -0.2) is 26.2 Å². The van der Waals surface area contributed by atoms with Gasteiger partial charge in [0.05, 0.1) is 20.3 Å². The number of rotatable bonds is 9. The molecule has 1 amide bonds. The molecule has 0 aromatic heterocycles. The first-order valence-electron chi connectivity index (χ1n) is 8.43. The zero-order chi connectivity index (χ0) is 18.1. The highest BCUT2D eigenvalue weighted by atomic mass is 16.5. The maximum Gasteiger partial charge on any atom is 0.251 e. The Labute approximate surface area is 148 Å². The van der Waals surface area contributed by atoms with Crippen LogP contribution in [0.4, 0.5) is 0 Å². The first-order valence-corrected chi connectivity index (χ1v) is 8.43. The highest BCUT2D eigenvalue weighted by Crippen LogP contribution is 2.28. The third-order valence-corrected chi connectivity index (χ3v) is 3.75. The second-order valence-corrected chi connectivity index (χ2v) is 5.39. The molecule has 134 valence electrons. The van der Waals surface area contributed by atoms with Crippen LogP contribution in [0.2, 0.25) is 0 Å². The topological polar surface area (TPSA) is 56.8 Å². The van der Waals surface area contributed by atoms with Crippen LogP contribution in [0.1, 0.15) is 35.3 Å². The fourth-order valence-electron chi connectivity index (χ4n) is 2.44. The molecule has 0 unspecified atom stereocenters. The number of methoxy groups -OCH3 is 1. The molecule has 2 rings (SSSR count). The van der Waals surface area contributed by atoms with Crippen LogP contribution < -0.4 is 14.8 Å². The van der Waals surface area contributed by atoms with Gasteiger partial charge in [-0.15, -0.1) is 0 Å². The summed E-state index contributed by atoms with van der Waals surface area (Å²) in [4.78, 5) is 12.4. The van der Waals surface area contributed by atoms with E-state index in [0.29, 0.717) is 43.4 Å². The summed E-state index contributed by atoms with van der Waals surface area (Å²) in [5, 5.41) is 2.94. The van der Waals surface area contributed by atoms with E-state index in [2.05, 4.69) is 5.32 Å². The van der Waals surface area contributed by atoms with Gasteiger partial charge in [-0.2, -0.15) is 0 Å². The van der Waals surface area contributed by atoms with E-state index >= 15 is 0 Å². The highest BCUT2D eigenvalue weighted by molar-refractivity contribution is 5.94. The van der Waals surface area contributed by atoms with E-state index in [9.17, 15) is 4.79 Å². The number of hydrogen-bond acceptors (Lipinski definition) is 4. The van der Waals surface area contributed by atoms with Gasteiger partial charge in [0.1, 0.15) is 0 Å². The zero-order valence-electron chi connectivity index (χ0n) is 15.0. The van der Waals surface area contributed by atoms with Crippen molar-refractivity contribution in [2.24, 2.45) is 0 Å². The van der Waals surface area contributed by atoms with Crippen LogP contribution in [0.3, 0.4) is 0 Å². The van der Waals surface area contributed by atoms with Gasteiger partial charge < -0.3 is 19.5 Å². The quantitative estimate of drug-likeness (QED) is 0.756. The summed E-state index contributed by atoms with van der Waals surface area (Å²) in [6, 6.07) is 13.1. The van der Waals surface area contributed by atoms with E-state index in [1.54, 1.807) is 25.3 Å². The van der Waals surface area contributed by atoms with Crippen molar-refractivity contribution in [3.8, 4) is 11.5 Å². The fraction of sp³-hybridized carbons (Fsp3) is 0.350. The minimum atomic E-state index is -0.160. The first-order chi connectivity index (χ1) is 12.2. The Morgan fingerprint density at radius 1 is 1.00 bits per heavy atom. The van der Waals surface area contributed by atoms with E-state index in [4.69, 9.17) is 14.2 Å². The lowest BCUT2D eigenvalue weighted by Gasteiger charge is -2.13. The number of hydrogen-bond donors (Lipinski definition) is 1. The minimum Gasteiger partial charge on any atom is -0.493 e. The van der Waals surface area contributed by atoms with Crippen molar-refractivity contribution in [2.75, 3.05) is 20.3 Å². The summed E-state index contributed by atoms with van der Waals surface area (Å²) < 4.78 is 16.2. The standard InChI is InChI=1S/C20H25NO4/c1-4-24-14-17-9-7-6-8-16(17)13-21-20(22)15-10-11-18(25-5-2)19(12-15)23-3/h6-12H,4-5,13-14H2,1-3H3,(H,21,22). The number of nitrogens with one attached hydrogen (secondary N) is 1. The van der Waals surface area contributed by atoms with Crippen LogP contribution in [-0.2, 0) is 17.9 Å². The van der Waals surface area contributed by atoms with Gasteiger partial charge in [0.25, 0.3) is 5.91 Å². The van der Waals surface area contributed by atoms with Crippen LogP contribution in [0.15, 0.2) is 42.5 Å². The van der Waals surface area contributed by atoms with Gasteiger partial charge in [-0.25, -0.2) is 0 Å². The minimum absolute atomic E-state index is 0.160.